The number of nitrogens with zero attached hydrogens (tertiary/aromatic N) is 1. The molecule has 0 aliphatic carbocycles. The van der Waals surface area contributed by atoms with Gasteiger partial charge in [0.2, 0.25) is 0 Å². The Kier molecular flexibility index (Phi) is 4.18. The zero-order valence-electron chi connectivity index (χ0n) is 11.2. The maximum Gasteiger partial charge on any atom is 0.121 e. The molecule has 0 saturated carbocycles. The highest BCUT2D eigenvalue weighted by Crippen LogP contribution is 2.32. The average molecular weight is 268 g/mol. The van der Waals surface area contributed by atoms with E-state index in [4.69, 9.17) is 11.6 Å². The third kappa shape index (κ3) is 3.39. The lowest BCUT2D eigenvalue weighted by Gasteiger charge is -2.23. The van der Waals surface area contributed by atoms with Crippen molar-refractivity contribution in [1.29, 1.82) is 0 Å². The summed E-state index contributed by atoms with van der Waals surface area (Å²) in [5.41, 5.74) is 1.30. The Labute approximate surface area is 115 Å². The van der Waals surface area contributed by atoms with Crippen molar-refractivity contribution in [3.63, 3.8) is 0 Å². The Balaban J connectivity index is 2.05. The Morgan fingerprint density at radius 2 is 2.06 bits per heavy atom. The van der Waals surface area contributed by atoms with Crippen LogP contribution >= 0.6 is 11.6 Å². The van der Waals surface area contributed by atoms with Gasteiger partial charge in [0.25, 0.3) is 0 Å². The van der Waals surface area contributed by atoms with Gasteiger partial charge in [-0.1, -0.05) is 31.5 Å². The number of phenolic OH excluding ortho intramolecular Hbond substituents is 1. The Bertz CT molecular complexity index is 397. The van der Waals surface area contributed by atoms with Gasteiger partial charge in [0.1, 0.15) is 5.75 Å². The minimum absolute atomic E-state index is 0.311. The van der Waals surface area contributed by atoms with E-state index in [0.29, 0.717) is 16.2 Å². The summed E-state index contributed by atoms with van der Waals surface area (Å²) in [7, 11) is 0. The summed E-state index contributed by atoms with van der Waals surface area (Å²) in [5.74, 6) is 0.311. The summed E-state index contributed by atoms with van der Waals surface area (Å²) in [6.07, 6.45) is 3.70. The number of aromatic hydroxyl groups is 1. The van der Waals surface area contributed by atoms with Gasteiger partial charge in [-0.3, -0.25) is 4.90 Å². The molecule has 1 aliphatic heterocycles. The maximum atomic E-state index is 9.88. The molecule has 0 radical (unpaired) electrons. The topological polar surface area (TPSA) is 23.5 Å². The lowest BCUT2D eigenvalue weighted by atomic mass is 9.85. The Morgan fingerprint density at radius 1 is 1.28 bits per heavy atom. The molecular weight excluding hydrogens is 246 g/mol. The zero-order valence-corrected chi connectivity index (χ0v) is 12.0. The van der Waals surface area contributed by atoms with Crippen LogP contribution in [-0.2, 0) is 6.54 Å². The van der Waals surface area contributed by atoms with Crippen LogP contribution in [0.4, 0.5) is 0 Å². The van der Waals surface area contributed by atoms with Crippen molar-refractivity contribution in [2.24, 2.45) is 5.41 Å². The van der Waals surface area contributed by atoms with Crippen LogP contribution in [0.5, 0.6) is 5.75 Å². The molecule has 1 saturated heterocycles. The second-order valence-corrected chi connectivity index (χ2v) is 6.44. The molecule has 1 aromatic rings. The van der Waals surface area contributed by atoms with Crippen LogP contribution in [0.1, 0.15) is 38.7 Å². The van der Waals surface area contributed by atoms with Crippen LogP contribution < -0.4 is 0 Å². The first kappa shape index (κ1) is 13.7. The van der Waals surface area contributed by atoms with E-state index >= 15 is 0 Å². The number of benzene rings is 1. The molecule has 0 aromatic heterocycles. The van der Waals surface area contributed by atoms with Crippen molar-refractivity contribution in [2.75, 3.05) is 13.1 Å². The van der Waals surface area contributed by atoms with Gasteiger partial charge < -0.3 is 5.11 Å². The van der Waals surface area contributed by atoms with Crippen molar-refractivity contribution in [1.82, 2.24) is 4.90 Å². The molecule has 2 nitrogen and oxygen atoms in total. The molecule has 1 N–H and O–H groups in total. The van der Waals surface area contributed by atoms with Crippen LogP contribution in [-0.4, -0.2) is 23.1 Å². The number of halogens is 1. The first-order chi connectivity index (χ1) is 8.48. The molecule has 0 bridgehead atoms. The Morgan fingerprint density at radius 3 is 2.78 bits per heavy atom. The number of phenols is 1. The fourth-order valence-electron chi connectivity index (χ4n) is 2.56. The van der Waals surface area contributed by atoms with Gasteiger partial charge in [0, 0.05) is 17.1 Å². The van der Waals surface area contributed by atoms with Gasteiger partial charge in [-0.25, -0.2) is 0 Å². The van der Waals surface area contributed by atoms with Gasteiger partial charge in [-0.2, -0.15) is 0 Å². The van der Waals surface area contributed by atoms with Gasteiger partial charge in [0.15, 0.2) is 0 Å². The largest absolute Gasteiger partial charge is 0.508 e. The molecular formula is C15H22ClNO. The first-order valence-electron chi connectivity index (χ1n) is 6.67. The van der Waals surface area contributed by atoms with Crippen LogP contribution in [0.25, 0.3) is 0 Å². The smallest absolute Gasteiger partial charge is 0.121 e. The van der Waals surface area contributed by atoms with E-state index in [0.717, 1.165) is 25.2 Å². The first-order valence-corrected chi connectivity index (χ1v) is 7.04. The highest BCUT2D eigenvalue weighted by atomic mass is 35.5. The number of rotatable bonds is 2. The van der Waals surface area contributed by atoms with Crippen molar-refractivity contribution in [3.05, 3.63) is 28.8 Å². The molecule has 1 heterocycles. The van der Waals surface area contributed by atoms with E-state index in [1.54, 1.807) is 12.1 Å². The number of hydrogen-bond acceptors (Lipinski definition) is 2. The van der Waals surface area contributed by atoms with Crippen LogP contribution in [0, 0.1) is 5.41 Å². The van der Waals surface area contributed by atoms with E-state index in [1.807, 2.05) is 6.07 Å². The lowest BCUT2D eigenvalue weighted by Crippen LogP contribution is -2.25. The summed E-state index contributed by atoms with van der Waals surface area (Å²) in [6.45, 7) is 7.60. The predicted molar refractivity (Wildman–Crippen MR) is 76.0 cm³/mol. The monoisotopic (exact) mass is 267 g/mol. The molecule has 18 heavy (non-hydrogen) atoms. The SMILES string of the molecule is CC1(C)CCCN(Cc2c(O)cccc2Cl)CC1. The quantitative estimate of drug-likeness (QED) is 0.874. The van der Waals surface area contributed by atoms with Crippen LogP contribution in [0.15, 0.2) is 18.2 Å². The third-order valence-corrected chi connectivity index (χ3v) is 4.26. The summed E-state index contributed by atoms with van der Waals surface area (Å²) < 4.78 is 0. The summed E-state index contributed by atoms with van der Waals surface area (Å²) in [4.78, 5) is 2.40. The second kappa shape index (κ2) is 5.50. The summed E-state index contributed by atoms with van der Waals surface area (Å²) in [5, 5.41) is 10.5. The lowest BCUT2D eigenvalue weighted by molar-refractivity contribution is 0.253. The molecule has 0 spiro atoms. The molecule has 1 aliphatic rings. The van der Waals surface area contributed by atoms with Gasteiger partial charge in [-0.15, -0.1) is 0 Å². The minimum atomic E-state index is 0.311. The van der Waals surface area contributed by atoms with Gasteiger partial charge in [-0.05, 0) is 49.9 Å². The second-order valence-electron chi connectivity index (χ2n) is 6.03. The third-order valence-electron chi connectivity index (χ3n) is 3.91. The molecule has 0 amide bonds. The highest BCUT2D eigenvalue weighted by molar-refractivity contribution is 6.31. The molecule has 100 valence electrons. The normalized spacial score (nSPS) is 20.6. The molecule has 1 aromatic carbocycles. The van der Waals surface area contributed by atoms with Gasteiger partial charge in [0.05, 0.1) is 0 Å². The molecule has 0 unspecified atom stereocenters. The van der Waals surface area contributed by atoms with E-state index in [1.165, 1.54) is 19.3 Å². The standard InChI is InChI=1S/C15H22ClNO/c1-15(2)7-4-9-17(10-8-15)11-12-13(16)5-3-6-14(12)18/h3,5-6,18H,4,7-11H2,1-2H3. The molecule has 0 atom stereocenters. The molecule has 3 heteroatoms. The van der Waals surface area contributed by atoms with Crippen molar-refractivity contribution in [2.45, 2.75) is 39.7 Å². The van der Waals surface area contributed by atoms with Crippen molar-refractivity contribution >= 4 is 11.6 Å². The maximum absolute atomic E-state index is 9.88. The van der Waals surface area contributed by atoms with E-state index in [-0.39, 0.29) is 0 Å². The fourth-order valence-corrected chi connectivity index (χ4v) is 2.79. The van der Waals surface area contributed by atoms with E-state index in [2.05, 4.69) is 18.7 Å². The Hall–Kier alpha value is -0.730. The van der Waals surface area contributed by atoms with Crippen LogP contribution in [0.2, 0.25) is 5.02 Å². The van der Waals surface area contributed by atoms with Crippen molar-refractivity contribution in [3.8, 4) is 5.75 Å². The number of hydrogen-bond donors (Lipinski definition) is 1. The van der Waals surface area contributed by atoms with Crippen LogP contribution in [0.3, 0.4) is 0 Å². The predicted octanol–water partition coefficient (Wildman–Crippen LogP) is 4.06. The van der Waals surface area contributed by atoms with E-state index < -0.39 is 0 Å². The summed E-state index contributed by atoms with van der Waals surface area (Å²) in [6, 6.07) is 5.34. The van der Waals surface area contributed by atoms with Gasteiger partial charge >= 0.3 is 0 Å². The highest BCUT2D eigenvalue weighted by Gasteiger charge is 2.23. The molecule has 1 fully saturated rings. The minimum Gasteiger partial charge on any atom is -0.508 e. The van der Waals surface area contributed by atoms with Crippen molar-refractivity contribution < 1.29 is 5.11 Å². The zero-order chi connectivity index (χ0) is 13.2. The molecule has 2 rings (SSSR count). The van der Waals surface area contributed by atoms with E-state index in [9.17, 15) is 5.11 Å². The number of likely N-dealkylation sites (tertiary alicyclic amines) is 1. The fraction of sp³-hybridized carbons (Fsp3) is 0.600. The summed E-state index contributed by atoms with van der Waals surface area (Å²) >= 11 is 6.16. The average Bonchev–Trinajstić information content (AvgIpc) is 2.46.